The largest absolute Gasteiger partial charge is 0.497 e. The van der Waals surface area contributed by atoms with Crippen molar-refractivity contribution in [2.24, 2.45) is 5.73 Å². The summed E-state index contributed by atoms with van der Waals surface area (Å²) in [4.78, 5) is 0. The lowest BCUT2D eigenvalue weighted by molar-refractivity contribution is 0.00646. The lowest BCUT2D eigenvalue weighted by Crippen LogP contribution is -2.30. The lowest BCUT2D eigenvalue weighted by Gasteiger charge is -2.27. The summed E-state index contributed by atoms with van der Waals surface area (Å²) in [7, 11) is 3.29. The third kappa shape index (κ3) is 2.90. The van der Waals surface area contributed by atoms with Gasteiger partial charge in [-0.25, -0.2) is 0 Å². The monoisotopic (exact) mass is 237 g/mol. The SMILES string of the molecule is COc1cc(OC)cc(C2CC(N)CCO2)c1. The van der Waals surface area contributed by atoms with E-state index in [2.05, 4.69) is 0 Å². The molecule has 1 aliphatic rings. The summed E-state index contributed by atoms with van der Waals surface area (Å²) < 4.78 is 16.2. The van der Waals surface area contributed by atoms with Gasteiger partial charge in [0.15, 0.2) is 0 Å². The second-order valence-electron chi connectivity index (χ2n) is 4.29. The fraction of sp³-hybridized carbons (Fsp3) is 0.538. The van der Waals surface area contributed by atoms with Crippen LogP contribution in [0, 0.1) is 0 Å². The Hall–Kier alpha value is -1.26. The molecule has 94 valence electrons. The third-order valence-electron chi connectivity index (χ3n) is 3.07. The van der Waals surface area contributed by atoms with Crippen molar-refractivity contribution in [3.05, 3.63) is 23.8 Å². The average molecular weight is 237 g/mol. The Balaban J connectivity index is 2.23. The summed E-state index contributed by atoms with van der Waals surface area (Å²) in [6, 6.07) is 6.02. The third-order valence-corrected chi connectivity index (χ3v) is 3.07. The zero-order valence-electron chi connectivity index (χ0n) is 10.3. The summed E-state index contributed by atoms with van der Waals surface area (Å²) in [6.45, 7) is 0.714. The van der Waals surface area contributed by atoms with E-state index in [-0.39, 0.29) is 12.1 Å². The second-order valence-corrected chi connectivity index (χ2v) is 4.29. The fourth-order valence-electron chi connectivity index (χ4n) is 2.07. The Morgan fingerprint density at radius 1 is 1.18 bits per heavy atom. The van der Waals surface area contributed by atoms with E-state index in [4.69, 9.17) is 19.9 Å². The molecule has 2 rings (SSSR count). The number of nitrogens with two attached hydrogens (primary N) is 1. The Morgan fingerprint density at radius 3 is 2.35 bits per heavy atom. The van der Waals surface area contributed by atoms with E-state index in [1.165, 1.54) is 0 Å². The van der Waals surface area contributed by atoms with E-state index in [0.29, 0.717) is 6.61 Å². The molecule has 1 heterocycles. The second kappa shape index (κ2) is 5.38. The first kappa shape index (κ1) is 12.2. The molecule has 0 saturated carbocycles. The molecule has 0 spiro atoms. The highest BCUT2D eigenvalue weighted by atomic mass is 16.5. The fourth-order valence-corrected chi connectivity index (χ4v) is 2.07. The van der Waals surface area contributed by atoms with Crippen LogP contribution < -0.4 is 15.2 Å². The van der Waals surface area contributed by atoms with Crippen LogP contribution in [0.3, 0.4) is 0 Å². The molecular weight excluding hydrogens is 218 g/mol. The molecule has 1 aromatic rings. The van der Waals surface area contributed by atoms with Crippen LogP contribution in [0.2, 0.25) is 0 Å². The van der Waals surface area contributed by atoms with Gasteiger partial charge >= 0.3 is 0 Å². The number of hydrogen-bond acceptors (Lipinski definition) is 4. The van der Waals surface area contributed by atoms with Crippen LogP contribution >= 0.6 is 0 Å². The van der Waals surface area contributed by atoms with Crippen molar-refractivity contribution in [3.63, 3.8) is 0 Å². The molecule has 0 radical (unpaired) electrons. The van der Waals surface area contributed by atoms with Gasteiger partial charge in [0.25, 0.3) is 0 Å². The summed E-state index contributed by atoms with van der Waals surface area (Å²) >= 11 is 0. The highest BCUT2D eigenvalue weighted by Crippen LogP contribution is 2.32. The minimum absolute atomic E-state index is 0.0442. The Labute approximate surface area is 102 Å². The first-order chi connectivity index (χ1) is 8.22. The van der Waals surface area contributed by atoms with Gasteiger partial charge in [0.2, 0.25) is 0 Å². The van der Waals surface area contributed by atoms with Crippen LogP contribution in [0.15, 0.2) is 18.2 Å². The van der Waals surface area contributed by atoms with Gasteiger partial charge in [-0.1, -0.05) is 0 Å². The Bertz CT molecular complexity index is 359. The molecule has 0 aliphatic carbocycles. The molecule has 2 N–H and O–H groups in total. The van der Waals surface area contributed by atoms with Gasteiger partial charge < -0.3 is 19.9 Å². The molecule has 17 heavy (non-hydrogen) atoms. The summed E-state index contributed by atoms with van der Waals surface area (Å²) in [5.41, 5.74) is 7.03. The maximum Gasteiger partial charge on any atom is 0.122 e. The van der Waals surface area contributed by atoms with Gasteiger partial charge in [-0.15, -0.1) is 0 Å². The van der Waals surface area contributed by atoms with E-state index in [1.807, 2.05) is 18.2 Å². The van der Waals surface area contributed by atoms with E-state index in [9.17, 15) is 0 Å². The standard InChI is InChI=1S/C13H19NO3/c1-15-11-5-9(6-12(8-11)16-2)13-7-10(14)3-4-17-13/h5-6,8,10,13H,3-4,7,14H2,1-2H3. The van der Waals surface area contributed by atoms with Gasteiger partial charge in [0, 0.05) is 18.7 Å². The molecular formula is C13H19NO3. The quantitative estimate of drug-likeness (QED) is 0.872. The molecule has 2 unspecified atom stereocenters. The minimum Gasteiger partial charge on any atom is -0.497 e. The van der Waals surface area contributed by atoms with Crippen LogP contribution in [-0.2, 0) is 4.74 Å². The van der Waals surface area contributed by atoms with Crippen molar-refractivity contribution in [2.45, 2.75) is 25.0 Å². The van der Waals surface area contributed by atoms with Crippen molar-refractivity contribution in [1.29, 1.82) is 0 Å². The van der Waals surface area contributed by atoms with Crippen LogP contribution in [0.5, 0.6) is 11.5 Å². The maximum atomic E-state index is 5.96. The normalized spacial score (nSPS) is 24.4. The summed E-state index contributed by atoms with van der Waals surface area (Å²) in [6.07, 6.45) is 1.82. The van der Waals surface area contributed by atoms with E-state index < -0.39 is 0 Å². The van der Waals surface area contributed by atoms with Crippen LogP contribution in [0.1, 0.15) is 24.5 Å². The number of methoxy groups -OCH3 is 2. The first-order valence-electron chi connectivity index (χ1n) is 5.83. The van der Waals surface area contributed by atoms with Crippen molar-refractivity contribution in [3.8, 4) is 11.5 Å². The topological polar surface area (TPSA) is 53.7 Å². The molecule has 1 saturated heterocycles. The zero-order valence-corrected chi connectivity index (χ0v) is 10.3. The predicted molar refractivity (Wildman–Crippen MR) is 65.4 cm³/mol. The summed E-state index contributed by atoms with van der Waals surface area (Å²) in [5, 5.41) is 0. The number of rotatable bonds is 3. The Kier molecular flexibility index (Phi) is 3.86. The van der Waals surface area contributed by atoms with E-state index >= 15 is 0 Å². The van der Waals surface area contributed by atoms with Crippen molar-refractivity contribution in [2.75, 3.05) is 20.8 Å². The van der Waals surface area contributed by atoms with Gasteiger partial charge in [0.05, 0.1) is 20.3 Å². The number of hydrogen-bond donors (Lipinski definition) is 1. The molecule has 0 aromatic heterocycles. The van der Waals surface area contributed by atoms with Crippen LogP contribution in [0.25, 0.3) is 0 Å². The zero-order chi connectivity index (χ0) is 12.3. The molecule has 2 atom stereocenters. The molecule has 0 bridgehead atoms. The van der Waals surface area contributed by atoms with Crippen molar-refractivity contribution in [1.82, 2.24) is 0 Å². The molecule has 0 amide bonds. The predicted octanol–water partition coefficient (Wildman–Crippen LogP) is 1.88. The van der Waals surface area contributed by atoms with Gasteiger partial charge in [-0.2, -0.15) is 0 Å². The Morgan fingerprint density at radius 2 is 1.82 bits per heavy atom. The number of benzene rings is 1. The van der Waals surface area contributed by atoms with E-state index in [1.54, 1.807) is 14.2 Å². The maximum absolute atomic E-state index is 5.96. The van der Waals surface area contributed by atoms with Gasteiger partial charge in [-0.3, -0.25) is 0 Å². The minimum atomic E-state index is 0.0442. The molecule has 1 fully saturated rings. The summed E-state index contributed by atoms with van der Waals surface area (Å²) in [5.74, 6) is 1.56. The molecule has 4 nitrogen and oxygen atoms in total. The molecule has 1 aromatic carbocycles. The number of ether oxygens (including phenoxy) is 3. The van der Waals surface area contributed by atoms with E-state index in [0.717, 1.165) is 29.9 Å². The van der Waals surface area contributed by atoms with Crippen LogP contribution in [0.4, 0.5) is 0 Å². The lowest BCUT2D eigenvalue weighted by atomic mass is 9.98. The first-order valence-corrected chi connectivity index (χ1v) is 5.83. The van der Waals surface area contributed by atoms with Gasteiger partial charge in [-0.05, 0) is 30.5 Å². The van der Waals surface area contributed by atoms with Crippen LogP contribution in [-0.4, -0.2) is 26.9 Å². The van der Waals surface area contributed by atoms with Crippen molar-refractivity contribution < 1.29 is 14.2 Å². The molecule has 1 aliphatic heterocycles. The van der Waals surface area contributed by atoms with Gasteiger partial charge in [0.1, 0.15) is 11.5 Å². The highest BCUT2D eigenvalue weighted by Gasteiger charge is 2.22. The molecule has 4 heteroatoms. The average Bonchev–Trinajstić information content (AvgIpc) is 2.38. The smallest absolute Gasteiger partial charge is 0.122 e. The van der Waals surface area contributed by atoms with Crippen molar-refractivity contribution >= 4 is 0 Å². The highest BCUT2D eigenvalue weighted by molar-refractivity contribution is 5.39.